The van der Waals surface area contributed by atoms with Crippen LogP contribution < -0.4 is 4.74 Å². The van der Waals surface area contributed by atoms with E-state index in [9.17, 15) is 18.0 Å². The van der Waals surface area contributed by atoms with Crippen LogP contribution in [0.3, 0.4) is 0 Å². The zero-order chi connectivity index (χ0) is 14.8. The Hall–Kier alpha value is -2.08. The van der Waals surface area contributed by atoms with Crippen molar-refractivity contribution >= 4 is 17.9 Å². The van der Waals surface area contributed by atoms with E-state index in [4.69, 9.17) is 11.6 Å². The number of pyridine rings is 1. The molecule has 7 heteroatoms. The van der Waals surface area contributed by atoms with Crippen LogP contribution in [0.1, 0.15) is 10.4 Å². The molecule has 0 aliphatic carbocycles. The molecule has 1 aromatic carbocycles. The summed E-state index contributed by atoms with van der Waals surface area (Å²) in [5.41, 5.74) is 0.427. The summed E-state index contributed by atoms with van der Waals surface area (Å²) in [6, 6.07) is 8.13. The molecule has 0 aliphatic rings. The number of hydrogen-bond acceptors (Lipinski definition) is 3. The number of nitrogens with zero attached hydrogens (tertiary/aromatic N) is 1. The SMILES string of the molecule is O=Cc1cc(Cl)nc(-c2ccccc2OC(F)(F)F)c1. The molecular formula is C13H7ClF3NO2. The fraction of sp³-hybridized carbons (Fsp3) is 0.0769. The Morgan fingerprint density at radius 3 is 2.55 bits per heavy atom. The minimum absolute atomic E-state index is 0.00594. The van der Waals surface area contributed by atoms with Crippen molar-refractivity contribution in [3.05, 3.63) is 47.1 Å². The van der Waals surface area contributed by atoms with Crippen molar-refractivity contribution in [1.29, 1.82) is 0 Å². The molecular weight excluding hydrogens is 295 g/mol. The molecule has 3 nitrogen and oxygen atoms in total. The van der Waals surface area contributed by atoms with Crippen molar-refractivity contribution in [3.63, 3.8) is 0 Å². The van der Waals surface area contributed by atoms with Crippen molar-refractivity contribution in [2.75, 3.05) is 0 Å². The van der Waals surface area contributed by atoms with Crippen LogP contribution >= 0.6 is 11.6 Å². The van der Waals surface area contributed by atoms with Crippen LogP contribution in [-0.2, 0) is 0 Å². The van der Waals surface area contributed by atoms with Gasteiger partial charge in [-0.25, -0.2) is 4.98 Å². The zero-order valence-electron chi connectivity index (χ0n) is 9.82. The average molecular weight is 302 g/mol. The smallest absolute Gasteiger partial charge is 0.405 e. The summed E-state index contributed by atoms with van der Waals surface area (Å²) in [6.45, 7) is 0. The van der Waals surface area contributed by atoms with E-state index in [0.29, 0.717) is 6.29 Å². The predicted molar refractivity (Wildman–Crippen MR) is 66.8 cm³/mol. The van der Waals surface area contributed by atoms with Gasteiger partial charge in [-0.15, -0.1) is 13.2 Å². The van der Waals surface area contributed by atoms with E-state index in [1.807, 2.05) is 0 Å². The highest BCUT2D eigenvalue weighted by molar-refractivity contribution is 6.29. The summed E-state index contributed by atoms with van der Waals surface area (Å²) in [5, 5.41) is 0.00594. The molecule has 2 aromatic rings. The van der Waals surface area contributed by atoms with Gasteiger partial charge in [-0.1, -0.05) is 23.7 Å². The van der Waals surface area contributed by atoms with Crippen LogP contribution in [0.25, 0.3) is 11.3 Å². The van der Waals surface area contributed by atoms with Gasteiger partial charge >= 0.3 is 6.36 Å². The van der Waals surface area contributed by atoms with E-state index in [0.717, 1.165) is 6.07 Å². The average Bonchev–Trinajstić information content (AvgIpc) is 2.36. The van der Waals surface area contributed by atoms with E-state index < -0.39 is 12.1 Å². The third-order valence-corrected chi connectivity index (χ3v) is 2.53. The second kappa shape index (κ2) is 5.50. The Bertz CT molecular complexity index is 644. The number of aromatic nitrogens is 1. The summed E-state index contributed by atoms with van der Waals surface area (Å²) < 4.78 is 40.9. The number of rotatable bonds is 3. The lowest BCUT2D eigenvalue weighted by Crippen LogP contribution is -2.17. The molecule has 0 atom stereocenters. The molecule has 0 fully saturated rings. The molecule has 0 aliphatic heterocycles. The van der Waals surface area contributed by atoms with Gasteiger partial charge in [0.05, 0.1) is 5.69 Å². The second-order valence-electron chi connectivity index (χ2n) is 3.77. The highest BCUT2D eigenvalue weighted by Gasteiger charge is 2.32. The normalized spacial score (nSPS) is 11.2. The van der Waals surface area contributed by atoms with Gasteiger partial charge < -0.3 is 4.74 Å². The van der Waals surface area contributed by atoms with Gasteiger partial charge in [0.25, 0.3) is 0 Å². The summed E-state index contributed by atoms with van der Waals surface area (Å²) in [6.07, 6.45) is -4.29. The number of hydrogen-bond donors (Lipinski definition) is 0. The first-order valence-corrected chi connectivity index (χ1v) is 5.75. The molecule has 0 saturated carbocycles. The monoisotopic (exact) mass is 301 g/mol. The first-order chi connectivity index (χ1) is 9.39. The van der Waals surface area contributed by atoms with Gasteiger partial charge in [0.2, 0.25) is 0 Å². The third-order valence-electron chi connectivity index (χ3n) is 2.34. The summed E-state index contributed by atoms with van der Waals surface area (Å²) in [7, 11) is 0. The number of aldehydes is 1. The molecule has 1 aromatic heterocycles. The van der Waals surface area contributed by atoms with Crippen LogP contribution in [0, 0.1) is 0 Å². The lowest BCUT2D eigenvalue weighted by molar-refractivity contribution is -0.274. The number of benzene rings is 1. The quantitative estimate of drug-likeness (QED) is 0.632. The molecule has 104 valence electrons. The number of carbonyl (C=O) groups is 1. The topological polar surface area (TPSA) is 39.2 Å². The van der Waals surface area contributed by atoms with E-state index in [-0.39, 0.29) is 22.0 Å². The van der Waals surface area contributed by atoms with Crippen molar-refractivity contribution in [3.8, 4) is 17.0 Å². The fourth-order valence-corrected chi connectivity index (χ4v) is 1.83. The Morgan fingerprint density at radius 2 is 1.90 bits per heavy atom. The van der Waals surface area contributed by atoms with Gasteiger partial charge in [0.15, 0.2) is 0 Å². The van der Waals surface area contributed by atoms with Crippen molar-refractivity contribution in [1.82, 2.24) is 4.98 Å². The number of halogens is 4. The maximum absolute atomic E-state index is 12.3. The van der Waals surface area contributed by atoms with Gasteiger partial charge in [0, 0.05) is 11.1 Å². The molecule has 1 heterocycles. The first kappa shape index (κ1) is 14.3. The van der Waals surface area contributed by atoms with Crippen LogP contribution in [0.2, 0.25) is 5.15 Å². The van der Waals surface area contributed by atoms with Gasteiger partial charge in [0.1, 0.15) is 17.2 Å². The van der Waals surface area contributed by atoms with Crippen LogP contribution in [-0.4, -0.2) is 17.6 Å². The largest absolute Gasteiger partial charge is 0.573 e. The predicted octanol–water partition coefficient (Wildman–Crippen LogP) is 4.11. The minimum atomic E-state index is -4.82. The van der Waals surface area contributed by atoms with Gasteiger partial charge in [-0.2, -0.15) is 0 Å². The Balaban J connectivity index is 2.52. The highest BCUT2D eigenvalue weighted by Crippen LogP contribution is 2.33. The molecule has 2 rings (SSSR count). The summed E-state index contributed by atoms with van der Waals surface area (Å²) >= 11 is 5.73. The van der Waals surface area contributed by atoms with Crippen LogP contribution in [0.5, 0.6) is 5.75 Å². The maximum atomic E-state index is 12.3. The standard InChI is InChI=1S/C13H7ClF3NO2/c14-12-6-8(7-19)5-10(18-12)9-3-1-2-4-11(9)20-13(15,16)17/h1-7H. The van der Waals surface area contributed by atoms with Crippen LogP contribution in [0.15, 0.2) is 36.4 Å². The lowest BCUT2D eigenvalue weighted by Gasteiger charge is -2.13. The molecule has 0 radical (unpaired) electrons. The summed E-state index contributed by atoms with van der Waals surface area (Å²) in [4.78, 5) is 14.7. The van der Waals surface area contributed by atoms with Crippen LogP contribution in [0.4, 0.5) is 13.2 Å². The van der Waals surface area contributed by atoms with E-state index >= 15 is 0 Å². The number of ether oxygens (including phenoxy) is 1. The molecule has 0 unspecified atom stereocenters. The third kappa shape index (κ3) is 3.48. The van der Waals surface area contributed by atoms with Crippen molar-refractivity contribution in [2.45, 2.75) is 6.36 Å². The molecule has 20 heavy (non-hydrogen) atoms. The molecule has 0 bridgehead atoms. The first-order valence-electron chi connectivity index (χ1n) is 5.37. The Morgan fingerprint density at radius 1 is 1.20 bits per heavy atom. The number of carbonyl (C=O) groups excluding carboxylic acids is 1. The molecule has 0 N–H and O–H groups in total. The lowest BCUT2D eigenvalue weighted by atomic mass is 10.1. The van der Waals surface area contributed by atoms with E-state index in [1.165, 1.54) is 30.3 Å². The maximum Gasteiger partial charge on any atom is 0.573 e. The zero-order valence-corrected chi connectivity index (χ0v) is 10.6. The highest BCUT2D eigenvalue weighted by atomic mass is 35.5. The molecule has 0 spiro atoms. The Labute approximate surface area is 117 Å². The van der Waals surface area contributed by atoms with E-state index in [1.54, 1.807) is 0 Å². The number of para-hydroxylation sites is 1. The van der Waals surface area contributed by atoms with Crippen molar-refractivity contribution < 1.29 is 22.7 Å². The minimum Gasteiger partial charge on any atom is -0.405 e. The fourth-order valence-electron chi connectivity index (χ4n) is 1.61. The van der Waals surface area contributed by atoms with Gasteiger partial charge in [-0.3, -0.25) is 4.79 Å². The molecule has 0 amide bonds. The number of alkyl halides is 3. The van der Waals surface area contributed by atoms with E-state index in [2.05, 4.69) is 9.72 Å². The van der Waals surface area contributed by atoms with Gasteiger partial charge in [-0.05, 0) is 24.3 Å². The van der Waals surface area contributed by atoms with Crippen molar-refractivity contribution in [2.24, 2.45) is 0 Å². The Kier molecular flexibility index (Phi) is 3.94. The molecule has 0 saturated heterocycles. The summed E-state index contributed by atoms with van der Waals surface area (Å²) in [5.74, 6) is -0.411. The second-order valence-corrected chi connectivity index (χ2v) is 4.16.